The first-order chi connectivity index (χ1) is 9.11. The molecule has 0 bridgehead atoms. The highest BCUT2D eigenvalue weighted by molar-refractivity contribution is 5.89. The number of nitrogens with zero attached hydrogens (tertiary/aromatic N) is 1. The third-order valence-corrected chi connectivity index (χ3v) is 2.26. The standard InChI is InChI=1S/C13H16N4O2/c1-10(18)15-6-3-7-16-13(19)17-12-5-2-4-11(8-12)9-14/h2,4-5,8H,3,6-7H2,1H3,(H,15,18)(H2,16,17,19). The molecule has 19 heavy (non-hydrogen) atoms. The topological polar surface area (TPSA) is 94.0 Å². The Kier molecular flexibility index (Phi) is 5.89. The van der Waals surface area contributed by atoms with Crippen LogP contribution < -0.4 is 16.0 Å². The van der Waals surface area contributed by atoms with Gasteiger partial charge in [-0.3, -0.25) is 4.79 Å². The summed E-state index contributed by atoms with van der Waals surface area (Å²) in [7, 11) is 0. The molecule has 0 radical (unpaired) electrons. The molecule has 1 aromatic carbocycles. The molecule has 6 heteroatoms. The maximum Gasteiger partial charge on any atom is 0.319 e. The zero-order chi connectivity index (χ0) is 14.1. The van der Waals surface area contributed by atoms with E-state index < -0.39 is 0 Å². The number of rotatable bonds is 5. The highest BCUT2D eigenvalue weighted by atomic mass is 16.2. The van der Waals surface area contributed by atoms with Gasteiger partial charge in [0, 0.05) is 25.7 Å². The number of anilines is 1. The molecule has 1 rings (SSSR count). The molecule has 0 saturated carbocycles. The van der Waals surface area contributed by atoms with E-state index in [0.29, 0.717) is 30.8 Å². The van der Waals surface area contributed by atoms with Gasteiger partial charge < -0.3 is 16.0 Å². The summed E-state index contributed by atoms with van der Waals surface area (Å²) in [6.45, 7) is 2.44. The summed E-state index contributed by atoms with van der Waals surface area (Å²) in [6.07, 6.45) is 0.658. The lowest BCUT2D eigenvalue weighted by molar-refractivity contribution is -0.118. The summed E-state index contributed by atoms with van der Waals surface area (Å²) in [5.74, 6) is -0.0854. The predicted octanol–water partition coefficient (Wildman–Crippen LogP) is 1.21. The van der Waals surface area contributed by atoms with Crippen LogP contribution in [0.5, 0.6) is 0 Å². The Labute approximate surface area is 111 Å². The quantitative estimate of drug-likeness (QED) is 0.694. The van der Waals surface area contributed by atoms with E-state index in [1.54, 1.807) is 24.3 Å². The maximum atomic E-state index is 11.5. The maximum absolute atomic E-state index is 11.5. The number of hydrogen-bond donors (Lipinski definition) is 3. The Bertz CT molecular complexity index is 494. The van der Waals surface area contributed by atoms with E-state index in [9.17, 15) is 9.59 Å². The van der Waals surface area contributed by atoms with E-state index in [1.165, 1.54) is 6.92 Å². The van der Waals surface area contributed by atoms with Crippen molar-refractivity contribution in [2.24, 2.45) is 0 Å². The smallest absolute Gasteiger partial charge is 0.319 e. The van der Waals surface area contributed by atoms with Crippen molar-refractivity contribution >= 4 is 17.6 Å². The van der Waals surface area contributed by atoms with E-state index in [0.717, 1.165) is 0 Å². The Balaban J connectivity index is 2.27. The summed E-state index contributed by atoms with van der Waals surface area (Å²) >= 11 is 0. The molecule has 0 aliphatic rings. The monoisotopic (exact) mass is 260 g/mol. The molecule has 0 saturated heterocycles. The first kappa shape index (κ1) is 14.5. The first-order valence-electron chi connectivity index (χ1n) is 5.91. The molecule has 100 valence electrons. The third-order valence-electron chi connectivity index (χ3n) is 2.26. The van der Waals surface area contributed by atoms with Gasteiger partial charge in [0.25, 0.3) is 0 Å². The molecule has 3 N–H and O–H groups in total. The van der Waals surface area contributed by atoms with Gasteiger partial charge >= 0.3 is 6.03 Å². The molecule has 6 nitrogen and oxygen atoms in total. The largest absolute Gasteiger partial charge is 0.356 e. The van der Waals surface area contributed by atoms with Crippen molar-refractivity contribution in [1.82, 2.24) is 10.6 Å². The minimum atomic E-state index is -0.335. The molecule has 0 aliphatic carbocycles. The Hall–Kier alpha value is -2.55. The first-order valence-corrected chi connectivity index (χ1v) is 5.91. The van der Waals surface area contributed by atoms with E-state index in [4.69, 9.17) is 5.26 Å². The molecular weight excluding hydrogens is 244 g/mol. The second-order valence-electron chi connectivity index (χ2n) is 3.91. The molecule has 0 aliphatic heterocycles. The third kappa shape index (κ3) is 6.07. The second-order valence-corrected chi connectivity index (χ2v) is 3.91. The van der Waals surface area contributed by atoms with Crippen molar-refractivity contribution < 1.29 is 9.59 Å². The van der Waals surface area contributed by atoms with Gasteiger partial charge in [-0.05, 0) is 24.6 Å². The predicted molar refractivity (Wildman–Crippen MR) is 71.5 cm³/mol. The molecular formula is C13H16N4O2. The van der Waals surface area contributed by atoms with Crippen molar-refractivity contribution in [2.75, 3.05) is 18.4 Å². The normalized spacial score (nSPS) is 9.26. The Morgan fingerprint density at radius 1 is 1.26 bits per heavy atom. The average molecular weight is 260 g/mol. The number of carbonyl (C=O) groups is 2. The number of urea groups is 1. The van der Waals surface area contributed by atoms with Gasteiger partial charge in [0.1, 0.15) is 0 Å². The fourth-order valence-corrected chi connectivity index (χ4v) is 1.40. The van der Waals surface area contributed by atoms with Crippen LogP contribution in [-0.2, 0) is 4.79 Å². The molecule has 0 spiro atoms. The van der Waals surface area contributed by atoms with Crippen LogP contribution in [0.2, 0.25) is 0 Å². The number of amides is 3. The molecule has 0 aromatic heterocycles. The average Bonchev–Trinajstić information content (AvgIpc) is 2.38. The van der Waals surface area contributed by atoms with Crippen LogP contribution in [0.1, 0.15) is 18.9 Å². The van der Waals surface area contributed by atoms with Crippen molar-refractivity contribution in [3.8, 4) is 6.07 Å². The molecule has 1 aromatic rings. The fourth-order valence-electron chi connectivity index (χ4n) is 1.40. The molecule has 0 unspecified atom stereocenters. The van der Waals surface area contributed by atoms with Gasteiger partial charge in [0.15, 0.2) is 0 Å². The fraction of sp³-hybridized carbons (Fsp3) is 0.308. The van der Waals surface area contributed by atoms with Crippen LogP contribution in [0.25, 0.3) is 0 Å². The number of nitrogens with one attached hydrogen (secondary N) is 3. The summed E-state index contributed by atoms with van der Waals surface area (Å²) in [6, 6.07) is 8.33. The van der Waals surface area contributed by atoms with Crippen molar-refractivity contribution in [3.63, 3.8) is 0 Å². The van der Waals surface area contributed by atoms with Crippen LogP contribution in [0.3, 0.4) is 0 Å². The van der Waals surface area contributed by atoms with Crippen LogP contribution in [0.15, 0.2) is 24.3 Å². The van der Waals surface area contributed by atoms with Crippen LogP contribution in [-0.4, -0.2) is 25.0 Å². The summed E-state index contributed by atoms with van der Waals surface area (Å²) < 4.78 is 0. The van der Waals surface area contributed by atoms with Gasteiger partial charge in [-0.1, -0.05) is 6.07 Å². The van der Waals surface area contributed by atoms with Crippen LogP contribution >= 0.6 is 0 Å². The van der Waals surface area contributed by atoms with Crippen molar-refractivity contribution in [2.45, 2.75) is 13.3 Å². The van der Waals surface area contributed by atoms with Gasteiger partial charge in [0.2, 0.25) is 5.91 Å². The van der Waals surface area contributed by atoms with Crippen LogP contribution in [0, 0.1) is 11.3 Å². The Morgan fingerprint density at radius 2 is 2.00 bits per heavy atom. The van der Waals surface area contributed by atoms with Gasteiger partial charge in [0.05, 0.1) is 11.6 Å². The van der Waals surface area contributed by atoms with Crippen molar-refractivity contribution in [1.29, 1.82) is 5.26 Å². The highest BCUT2D eigenvalue weighted by Gasteiger charge is 2.01. The summed E-state index contributed by atoms with van der Waals surface area (Å²) in [5.41, 5.74) is 1.06. The second kappa shape index (κ2) is 7.71. The minimum absolute atomic E-state index is 0.0854. The zero-order valence-corrected chi connectivity index (χ0v) is 10.7. The van der Waals surface area contributed by atoms with Crippen molar-refractivity contribution in [3.05, 3.63) is 29.8 Å². The summed E-state index contributed by atoms with van der Waals surface area (Å²) in [5, 5.41) is 16.7. The Morgan fingerprint density at radius 3 is 2.68 bits per heavy atom. The molecule has 0 heterocycles. The highest BCUT2D eigenvalue weighted by Crippen LogP contribution is 2.09. The van der Waals surface area contributed by atoms with E-state index in [-0.39, 0.29) is 11.9 Å². The van der Waals surface area contributed by atoms with E-state index in [1.807, 2.05) is 6.07 Å². The van der Waals surface area contributed by atoms with Gasteiger partial charge in [-0.15, -0.1) is 0 Å². The lowest BCUT2D eigenvalue weighted by Crippen LogP contribution is -2.31. The molecule has 0 atom stereocenters. The minimum Gasteiger partial charge on any atom is -0.356 e. The SMILES string of the molecule is CC(=O)NCCCNC(=O)Nc1cccc(C#N)c1. The number of carbonyl (C=O) groups excluding carboxylic acids is 2. The number of hydrogen-bond acceptors (Lipinski definition) is 3. The van der Waals surface area contributed by atoms with E-state index >= 15 is 0 Å². The van der Waals surface area contributed by atoms with Gasteiger partial charge in [-0.25, -0.2) is 4.79 Å². The lowest BCUT2D eigenvalue weighted by Gasteiger charge is -2.07. The molecule has 0 fully saturated rings. The summed E-state index contributed by atoms with van der Waals surface area (Å²) in [4.78, 5) is 22.1. The zero-order valence-electron chi connectivity index (χ0n) is 10.7. The molecule has 3 amide bonds. The van der Waals surface area contributed by atoms with E-state index in [2.05, 4.69) is 16.0 Å². The number of nitriles is 1. The van der Waals surface area contributed by atoms with Gasteiger partial charge in [-0.2, -0.15) is 5.26 Å². The number of benzene rings is 1. The lowest BCUT2D eigenvalue weighted by atomic mass is 10.2. The van der Waals surface area contributed by atoms with Crippen LogP contribution in [0.4, 0.5) is 10.5 Å².